The number of carbonyl (C=O) groups is 1. The number of hydrogen-bond donors (Lipinski definition) is 1. The molecule has 1 amide bonds. The summed E-state index contributed by atoms with van der Waals surface area (Å²) < 4.78 is 1.89. The van der Waals surface area contributed by atoms with Crippen LogP contribution in [0.3, 0.4) is 0 Å². The van der Waals surface area contributed by atoms with Gasteiger partial charge in [-0.15, -0.1) is 0 Å². The first-order valence-corrected chi connectivity index (χ1v) is 9.59. The van der Waals surface area contributed by atoms with Crippen LogP contribution in [-0.2, 0) is 6.42 Å². The molecule has 0 spiro atoms. The lowest BCUT2D eigenvalue weighted by Gasteiger charge is -2.17. The third kappa shape index (κ3) is 3.29. The normalized spacial score (nSPS) is 11.2. The molecular formula is C22H20ClN3O2. The van der Waals surface area contributed by atoms with Crippen molar-refractivity contribution in [3.8, 4) is 5.69 Å². The average molecular weight is 394 g/mol. The number of amides is 1. The van der Waals surface area contributed by atoms with E-state index in [4.69, 9.17) is 16.7 Å². The summed E-state index contributed by atoms with van der Waals surface area (Å²) in [6.45, 7) is 2.69. The van der Waals surface area contributed by atoms with E-state index in [1.54, 1.807) is 0 Å². The van der Waals surface area contributed by atoms with Gasteiger partial charge in [0.1, 0.15) is 0 Å². The van der Waals surface area contributed by atoms with Gasteiger partial charge in [-0.3, -0.25) is 0 Å². The van der Waals surface area contributed by atoms with Crippen molar-refractivity contribution in [1.82, 2.24) is 14.7 Å². The number of likely N-dealkylation sites (N-methyl/N-ethyl adjacent to an activating group) is 1. The van der Waals surface area contributed by atoms with Crippen LogP contribution in [0.4, 0.5) is 4.79 Å². The van der Waals surface area contributed by atoms with E-state index in [9.17, 15) is 9.90 Å². The molecule has 0 radical (unpaired) electrons. The topological polar surface area (TPSA) is 58.4 Å². The molecule has 0 atom stereocenters. The first kappa shape index (κ1) is 18.3. The third-order valence-corrected chi connectivity index (χ3v) is 5.22. The molecule has 1 aromatic heterocycles. The summed E-state index contributed by atoms with van der Waals surface area (Å²) in [7, 11) is 0. The van der Waals surface area contributed by atoms with Gasteiger partial charge in [0.05, 0.1) is 16.9 Å². The molecule has 0 aliphatic carbocycles. The molecule has 1 heterocycles. The second-order valence-electron chi connectivity index (χ2n) is 6.63. The van der Waals surface area contributed by atoms with E-state index >= 15 is 0 Å². The van der Waals surface area contributed by atoms with Gasteiger partial charge in [-0.25, -0.2) is 9.48 Å². The Bertz CT molecular complexity index is 1170. The largest absolute Gasteiger partial charge is 0.465 e. The minimum Gasteiger partial charge on any atom is -0.465 e. The highest BCUT2D eigenvalue weighted by molar-refractivity contribution is 6.30. The summed E-state index contributed by atoms with van der Waals surface area (Å²) >= 11 is 6.21. The van der Waals surface area contributed by atoms with Crippen LogP contribution in [0.1, 0.15) is 12.6 Å². The summed E-state index contributed by atoms with van der Waals surface area (Å²) in [6, 6.07) is 19.8. The maximum Gasteiger partial charge on any atom is 0.407 e. The average Bonchev–Trinajstić information content (AvgIpc) is 3.07. The fourth-order valence-corrected chi connectivity index (χ4v) is 3.79. The molecule has 0 unspecified atom stereocenters. The van der Waals surface area contributed by atoms with Crippen LogP contribution in [0.2, 0.25) is 5.02 Å². The summed E-state index contributed by atoms with van der Waals surface area (Å²) in [5.74, 6) is 0. The Morgan fingerprint density at radius 1 is 1.14 bits per heavy atom. The number of rotatable bonds is 5. The molecular weight excluding hydrogens is 374 g/mol. The highest BCUT2D eigenvalue weighted by Gasteiger charge is 2.18. The molecule has 4 aromatic rings. The minimum atomic E-state index is -0.912. The molecule has 6 heteroatoms. The van der Waals surface area contributed by atoms with E-state index in [0.717, 1.165) is 33.1 Å². The van der Waals surface area contributed by atoms with Crippen LogP contribution in [0.15, 0.2) is 60.7 Å². The highest BCUT2D eigenvalue weighted by atomic mass is 35.5. The first-order chi connectivity index (χ1) is 13.6. The van der Waals surface area contributed by atoms with E-state index < -0.39 is 6.09 Å². The van der Waals surface area contributed by atoms with Crippen molar-refractivity contribution in [2.75, 3.05) is 13.1 Å². The van der Waals surface area contributed by atoms with Crippen LogP contribution < -0.4 is 0 Å². The Morgan fingerprint density at radius 3 is 2.71 bits per heavy atom. The number of hydrogen-bond acceptors (Lipinski definition) is 2. The van der Waals surface area contributed by atoms with Crippen LogP contribution in [0, 0.1) is 0 Å². The number of aromatic nitrogens is 2. The molecule has 0 bridgehead atoms. The van der Waals surface area contributed by atoms with Gasteiger partial charge in [-0.05, 0) is 42.0 Å². The third-order valence-electron chi connectivity index (χ3n) is 4.98. The predicted molar refractivity (Wildman–Crippen MR) is 113 cm³/mol. The fraction of sp³-hybridized carbons (Fsp3) is 0.182. The van der Waals surface area contributed by atoms with Gasteiger partial charge < -0.3 is 10.0 Å². The zero-order valence-electron chi connectivity index (χ0n) is 15.5. The lowest BCUT2D eigenvalue weighted by Crippen LogP contribution is -2.31. The smallest absolute Gasteiger partial charge is 0.407 e. The molecule has 5 nitrogen and oxygen atoms in total. The SMILES string of the molecule is CCN(CCc1c2c(ccc3ccccc32)nn1-c1cccc(Cl)c1)C(=O)O. The number of carboxylic acid groups (broad SMARTS) is 1. The summed E-state index contributed by atoms with van der Waals surface area (Å²) in [4.78, 5) is 12.9. The molecule has 28 heavy (non-hydrogen) atoms. The van der Waals surface area contributed by atoms with E-state index in [2.05, 4.69) is 18.2 Å². The van der Waals surface area contributed by atoms with Crippen molar-refractivity contribution >= 4 is 39.4 Å². The van der Waals surface area contributed by atoms with Crippen LogP contribution in [0.25, 0.3) is 27.4 Å². The van der Waals surface area contributed by atoms with Gasteiger partial charge in [0.25, 0.3) is 0 Å². The van der Waals surface area contributed by atoms with Crippen molar-refractivity contribution in [3.05, 3.63) is 71.4 Å². The quantitative estimate of drug-likeness (QED) is 0.495. The summed E-state index contributed by atoms with van der Waals surface area (Å²) in [5.41, 5.74) is 2.72. The standard InChI is InChI=1S/C22H20ClN3O2/c1-2-25(22(27)28)13-12-20-21-18-9-4-3-6-15(18)10-11-19(21)24-26(20)17-8-5-7-16(23)14-17/h3-11,14H,2,12-13H2,1H3,(H,27,28). The number of nitrogens with zero attached hydrogens (tertiary/aromatic N) is 3. The Kier molecular flexibility index (Phi) is 4.92. The van der Waals surface area contributed by atoms with Crippen LogP contribution in [0.5, 0.6) is 0 Å². The van der Waals surface area contributed by atoms with Gasteiger partial charge >= 0.3 is 6.09 Å². The van der Waals surface area contributed by atoms with E-state index in [-0.39, 0.29) is 0 Å². The molecule has 0 saturated heterocycles. The summed E-state index contributed by atoms with van der Waals surface area (Å²) in [6.07, 6.45) is -0.359. The van der Waals surface area contributed by atoms with Gasteiger partial charge in [0, 0.05) is 29.9 Å². The van der Waals surface area contributed by atoms with Crippen molar-refractivity contribution in [2.45, 2.75) is 13.3 Å². The van der Waals surface area contributed by atoms with Gasteiger partial charge in [0.15, 0.2) is 0 Å². The van der Waals surface area contributed by atoms with Crippen molar-refractivity contribution in [3.63, 3.8) is 0 Å². The monoisotopic (exact) mass is 393 g/mol. The number of halogens is 1. The van der Waals surface area contributed by atoms with Gasteiger partial charge in [-0.1, -0.05) is 48.0 Å². The van der Waals surface area contributed by atoms with Gasteiger partial charge in [-0.2, -0.15) is 5.10 Å². The van der Waals surface area contributed by atoms with Crippen molar-refractivity contribution < 1.29 is 9.90 Å². The zero-order chi connectivity index (χ0) is 19.7. The number of benzene rings is 3. The predicted octanol–water partition coefficient (Wildman–Crippen LogP) is 5.37. The summed E-state index contributed by atoms with van der Waals surface area (Å²) in [5, 5.41) is 18.1. The van der Waals surface area contributed by atoms with Crippen molar-refractivity contribution in [1.29, 1.82) is 0 Å². The van der Waals surface area contributed by atoms with Crippen LogP contribution in [-0.4, -0.2) is 39.0 Å². The second-order valence-corrected chi connectivity index (χ2v) is 7.07. The lowest BCUT2D eigenvalue weighted by molar-refractivity contribution is 0.148. The molecule has 3 aromatic carbocycles. The molecule has 4 rings (SSSR count). The van der Waals surface area contributed by atoms with E-state index in [1.807, 2.05) is 54.1 Å². The molecule has 0 fully saturated rings. The molecule has 0 aliphatic rings. The Labute approximate surface area is 167 Å². The maximum absolute atomic E-state index is 11.5. The fourth-order valence-electron chi connectivity index (χ4n) is 3.60. The van der Waals surface area contributed by atoms with Gasteiger partial charge in [0.2, 0.25) is 0 Å². The molecule has 142 valence electrons. The van der Waals surface area contributed by atoms with E-state index in [0.29, 0.717) is 24.5 Å². The van der Waals surface area contributed by atoms with Crippen molar-refractivity contribution in [2.24, 2.45) is 0 Å². The highest BCUT2D eigenvalue weighted by Crippen LogP contribution is 2.30. The Hall–Kier alpha value is -3.05. The Balaban J connectivity index is 1.92. The molecule has 0 aliphatic heterocycles. The molecule has 1 N–H and O–H groups in total. The molecule has 0 saturated carbocycles. The maximum atomic E-state index is 11.5. The zero-order valence-corrected chi connectivity index (χ0v) is 16.2. The van der Waals surface area contributed by atoms with Crippen LogP contribution >= 0.6 is 11.6 Å². The van der Waals surface area contributed by atoms with E-state index in [1.165, 1.54) is 4.90 Å². The first-order valence-electron chi connectivity index (χ1n) is 9.21. The minimum absolute atomic E-state index is 0.399. The number of fused-ring (bicyclic) bond motifs is 3. The lowest BCUT2D eigenvalue weighted by atomic mass is 10.0. The second kappa shape index (κ2) is 7.52. The Morgan fingerprint density at radius 2 is 1.96 bits per heavy atom.